The second kappa shape index (κ2) is 3.81. The highest BCUT2D eigenvalue weighted by atomic mass is 32.2. The van der Waals surface area contributed by atoms with Crippen molar-refractivity contribution in [2.75, 3.05) is 0 Å². The number of hydrogen-bond donors (Lipinski definition) is 1. The Kier molecular flexibility index (Phi) is 2.75. The number of nitrogens with one attached hydrogen (secondary N) is 1. The zero-order valence-electron chi connectivity index (χ0n) is 9.42. The summed E-state index contributed by atoms with van der Waals surface area (Å²) in [6.07, 6.45) is 4.50. The molecular formula is C9H16N4O2S. The number of aromatic nitrogens is 3. The summed E-state index contributed by atoms with van der Waals surface area (Å²) >= 11 is 0. The lowest BCUT2D eigenvalue weighted by Crippen LogP contribution is -2.41. The first-order valence-electron chi connectivity index (χ1n) is 5.27. The molecule has 0 aliphatic heterocycles. The smallest absolute Gasteiger partial charge is 0.217 e. The maximum atomic E-state index is 11.9. The van der Waals surface area contributed by atoms with E-state index in [1.54, 1.807) is 17.9 Å². The fraction of sp³-hybridized carbons (Fsp3) is 0.778. The van der Waals surface area contributed by atoms with Gasteiger partial charge in [-0.1, -0.05) is 0 Å². The highest BCUT2D eigenvalue weighted by molar-refractivity contribution is 7.91. The van der Waals surface area contributed by atoms with E-state index in [4.69, 9.17) is 0 Å². The van der Waals surface area contributed by atoms with Gasteiger partial charge in [0.1, 0.15) is 12.7 Å². The molecule has 6 nitrogen and oxygen atoms in total. The lowest BCUT2D eigenvalue weighted by Gasteiger charge is -2.17. The van der Waals surface area contributed by atoms with Gasteiger partial charge in [0, 0.05) is 6.04 Å². The standard InChI is InChI=1S/C9H16N4O2S/c1-8(5-13-7-10-6-11-13)12-16(14,15)9(2)3-4-9/h6-8,12H,3-5H2,1-2H3. The maximum Gasteiger partial charge on any atom is 0.217 e. The number of rotatable bonds is 5. The summed E-state index contributed by atoms with van der Waals surface area (Å²) in [4.78, 5) is 3.81. The Morgan fingerprint density at radius 1 is 1.56 bits per heavy atom. The summed E-state index contributed by atoms with van der Waals surface area (Å²) in [6.45, 7) is 4.10. The summed E-state index contributed by atoms with van der Waals surface area (Å²) < 4.78 is 27.5. The molecule has 1 heterocycles. The molecule has 1 N–H and O–H groups in total. The van der Waals surface area contributed by atoms with Gasteiger partial charge in [0.05, 0.1) is 11.3 Å². The first-order valence-corrected chi connectivity index (χ1v) is 6.76. The van der Waals surface area contributed by atoms with E-state index in [1.807, 2.05) is 6.92 Å². The van der Waals surface area contributed by atoms with Crippen LogP contribution in [0.4, 0.5) is 0 Å². The fourth-order valence-electron chi connectivity index (χ4n) is 1.50. The summed E-state index contributed by atoms with van der Waals surface area (Å²) in [5, 5.41) is 3.93. The van der Waals surface area contributed by atoms with Crippen LogP contribution in [0, 0.1) is 0 Å². The van der Waals surface area contributed by atoms with Crippen molar-refractivity contribution >= 4 is 10.0 Å². The zero-order chi connectivity index (χ0) is 11.8. The van der Waals surface area contributed by atoms with Gasteiger partial charge in [0.25, 0.3) is 0 Å². The molecule has 1 aliphatic carbocycles. The minimum absolute atomic E-state index is 0.177. The van der Waals surface area contributed by atoms with E-state index < -0.39 is 14.8 Å². The van der Waals surface area contributed by atoms with Crippen LogP contribution in [0.3, 0.4) is 0 Å². The average Bonchev–Trinajstić information content (AvgIpc) is 2.75. The minimum Gasteiger partial charge on any atom is -0.251 e. The fourth-order valence-corrected chi connectivity index (χ4v) is 3.03. The quantitative estimate of drug-likeness (QED) is 0.799. The molecule has 7 heteroatoms. The first kappa shape index (κ1) is 11.5. The Labute approximate surface area is 95.1 Å². The molecule has 1 fully saturated rings. The Bertz CT molecular complexity index is 450. The van der Waals surface area contributed by atoms with Crippen LogP contribution in [0.1, 0.15) is 26.7 Å². The van der Waals surface area contributed by atoms with Crippen molar-refractivity contribution in [3.05, 3.63) is 12.7 Å². The van der Waals surface area contributed by atoms with Crippen molar-refractivity contribution in [1.29, 1.82) is 0 Å². The first-order chi connectivity index (χ1) is 7.43. The van der Waals surface area contributed by atoms with Crippen molar-refractivity contribution in [3.8, 4) is 0 Å². The second-order valence-electron chi connectivity index (χ2n) is 4.59. The van der Waals surface area contributed by atoms with Gasteiger partial charge in [-0.3, -0.25) is 4.68 Å². The SMILES string of the molecule is CC(Cn1cncn1)NS(=O)(=O)C1(C)CC1. The molecule has 0 bridgehead atoms. The summed E-state index contributed by atoms with van der Waals surface area (Å²) in [5.74, 6) is 0. The Hall–Kier alpha value is -0.950. The lowest BCUT2D eigenvalue weighted by molar-refractivity contribution is 0.488. The molecule has 1 unspecified atom stereocenters. The van der Waals surface area contributed by atoms with Crippen LogP contribution in [-0.2, 0) is 16.6 Å². The van der Waals surface area contributed by atoms with E-state index in [-0.39, 0.29) is 6.04 Å². The molecule has 0 saturated heterocycles. The second-order valence-corrected chi connectivity index (χ2v) is 6.82. The van der Waals surface area contributed by atoms with Crippen molar-refractivity contribution in [2.24, 2.45) is 0 Å². The molecule has 0 spiro atoms. The molecule has 1 aromatic rings. The van der Waals surface area contributed by atoms with Crippen molar-refractivity contribution in [2.45, 2.75) is 44.0 Å². The molecule has 1 aromatic heterocycles. The topological polar surface area (TPSA) is 76.9 Å². The van der Waals surface area contributed by atoms with Crippen LogP contribution in [0.25, 0.3) is 0 Å². The summed E-state index contributed by atoms with van der Waals surface area (Å²) in [6, 6.07) is -0.177. The van der Waals surface area contributed by atoms with Crippen molar-refractivity contribution < 1.29 is 8.42 Å². The summed E-state index contributed by atoms with van der Waals surface area (Å²) in [7, 11) is -3.20. The maximum absolute atomic E-state index is 11.9. The van der Waals surface area contributed by atoms with Crippen molar-refractivity contribution in [3.63, 3.8) is 0 Å². The monoisotopic (exact) mass is 244 g/mol. The van der Waals surface area contributed by atoms with E-state index in [2.05, 4.69) is 14.8 Å². The van der Waals surface area contributed by atoms with Crippen LogP contribution < -0.4 is 4.72 Å². The lowest BCUT2D eigenvalue weighted by atomic mass is 10.4. The average molecular weight is 244 g/mol. The third-order valence-electron chi connectivity index (χ3n) is 2.89. The largest absolute Gasteiger partial charge is 0.251 e. The number of nitrogens with zero attached hydrogens (tertiary/aromatic N) is 3. The van der Waals surface area contributed by atoms with Crippen LogP contribution in [0.15, 0.2) is 12.7 Å². The van der Waals surface area contributed by atoms with Gasteiger partial charge < -0.3 is 0 Å². The molecule has 0 aromatic carbocycles. The van der Waals surface area contributed by atoms with Gasteiger partial charge in [-0.25, -0.2) is 18.1 Å². The van der Waals surface area contributed by atoms with E-state index in [9.17, 15) is 8.42 Å². The molecule has 1 aliphatic rings. The van der Waals surface area contributed by atoms with Gasteiger partial charge in [-0.05, 0) is 26.7 Å². The Morgan fingerprint density at radius 3 is 2.75 bits per heavy atom. The number of sulfonamides is 1. The third-order valence-corrected chi connectivity index (χ3v) is 5.31. The van der Waals surface area contributed by atoms with Gasteiger partial charge >= 0.3 is 0 Å². The molecular weight excluding hydrogens is 228 g/mol. The van der Waals surface area contributed by atoms with Gasteiger partial charge in [0.2, 0.25) is 10.0 Å². The Morgan fingerprint density at radius 2 is 2.25 bits per heavy atom. The molecule has 1 atom stereocenters. The van der Waals surface area contributed by atoms with Crippen LogP contribution in [0.5, 0.6) is 0 Å². The molecule has 16 heavy (non-hydrogen) atoms. The third kappa shape index (κ3) is 2.25. The van der Waals surface area contributed by atoms with Crippen LogP contribution in [-0.4, -0.2) is 34.0 Å². The normalized spacial score (nSPS) is 20.6. The molecule has 90 valence electrons. The van der Waals surface area contributed by atoms with Crippen LogP contribution >= 0.6 is 0 Å². The van der Waals surface area contributed by atoms with Gasteiger partial charge in [-0.2, -0.15) is 5.10 Å². The number of hydrogen-bond acceptors (Lipinski definition) is 4. The predicted octanol–water partition coefficient (Wildman–Crippen LogP) is 0.138. The molecule has 1 saturated carbocycles. The van der Waals surface area contributed by atoms with Gasteiger partial charge in [-0.15, -0.1) is 0 Å². The highest BCUT2D eigenvalue weighted by Crippen LogP contribution is 2.42. The van der Waals surface area contributed by atoms with E-state index in [0.717, 1.165) is 12.8 Å². The zero-order valence-corrected chi connectivity index (χ0v) is 10.2. The molecule has 0 amide bonds. The minimum atomic E-state index is -3.20. The van der Waals surface area contributed by atoms with E-state index in [0.29, 0.717) is 6.54 Å². The predicted molar refractivity (Wildman–Crippen MR) is 59.2 cm³/mol. The van der Waals surface area contributed by atoms with E-state index in [1.165, 1.54) is 6.33 Å². The Balaban J connectivity index is 1.95. The van der Waals surface area contributed by atoms with Gasteiger partial charge in [0.15, 0.2) is 0 Å². The highest BCUT2D eigenvalue weighted by Gasteiger charge is 2.50. The summed E-state index contributed by atoms with van der Waals surface area (Å²) in [5.41, 5.74) is 0. The van der Waals surface area contributed by atoms with E-state index >= 15 is 0 Å². The van der Waals surface area contributed by atoms with Crippen molar-refractivity contribution in [1.82, 2.24) is 19.5 Å². The molecule has 0 radical (unpaired) electrons. The molecule has 2 rings (SSSR count). The van der Waals surface area contributed by atoms with Crippen LogP contribution in [0.2, 0.25) is 0 Å².